The Balaban J connectivity index is 1.81. The van der Waals surface area contributed by atoms with Crippen molar-refractivity contribution in [3.8, 4) is 5.75 Å². The van der Waals surface area contributed by atoms with Crippen molar-refractivity contribution in [3.05, 3.63) is 84.6 Å². The molecule has 0 saturated heterocycles. The summed E-state index contributed by atoms with van der Waals surface area (Å²) in [5, 5.41) is 13.5. The maximum absolute atomic E-state index is 13.0. The normalized spacial score (nSPS) is 11.3. The van der Waals surface area contributed by atoms with E-state index in [2.05, 4.69) is 15.5 Å². The molecule has 2 N–H and O–H groups in total. The molecule has 1 aromatic heterocycles. The lowest BCUT2D eigenvalue weighted by atomic mass is 10.2. The Morgan fingerprint density at radius 3 is 2.41 bits per heavy atom. The first-order chi connectivity index (χ1) is 14.0. The summed E-state index contributed by atoms with van der Waals surface area (Å²) in [5.74, 6) is -0.551. The highest BCUT2D eigenvalue weighted by Gasteiger charge is 2.27. The van der Waals surface area contributed by atoms with E-state index in [-0.39, 0.29) is 16.5 Å². The number of carbonyl (C=O) groups excluding carboxylic acids is 1. The second-order valence-electron chi connectivity index (χ2n) is 5.86. The number of benzene rings is 2. The summed E-state index contributed by atoms with van der Waals surface area (Å²) >= 11 is 0. The summed E-state index contributed by atoms with van der Waals surface area (Å²) in [6.07, 6.45) is 2.71. The van der Waals surface area contributed by atoms with Crippen molar-refractivity contribution in [1.82, 2.24) is 10.4 Å². The average Bonchev–Trinajstić information content (AvgIpc) is 2.74. The highest BCUT2D eigenvalue weighted by atomic mass is 32.2. The molecule has 0 bridgehead atoms. The van der Waals surface area contributed by atoms with Gasteiger partial charge in [-0.05, 0) is 36.4 Å². The van der Waals surface area contributed by atoms with Crippen LogP contribution in [0.2, 0.25) is 0 Å². The van der Waals surface area contributed by atoms with E-state index in [0.29, 0.717) is 5.56 Å². The lowest BCUT2D eigenvalue weighted by Gasteiger charge is -2.22. The number of para-hydroxylation sites is 1. The maximum Gasteiger partial charge on any atom is 0.265 e. The van der Waals surface area contributed by atoms with Crippen LogP contribution < -0.4 is 9.73 Å². The van der Waals surface area contributed by atoms with Crippen LogP contribution in [0.3, 0.4) is 0 Å². The molecule has 29 heavy (non-hydrogen) atoms. The number of nitrogens with zero attached hydrogens (tertiary/aromatic N) is 3. The molecule has 3 rings (SSSR count). The van der Waals surface area contributed by atoms with Gasteiger partial charge < -0.3 is 5.11 Å². The molecular weight excluding hydrogens is 392 g/mol. The van der Waals surface area contributed by atoms with Crippen LogP contribution in [0.1, 0.15) is 5.56 Å². The van der Waals surface area contributed by atoms with Gasteiger partial charge in [0.2, 0.25) is 0 Å². The summed E-state index contributed by atoms with van der Waals surface area (Å²) in [6.45, 7) is -0.521. The Hall–Kier alpha value is -3.72. The van der Waals surface area contributed by atoms with Crippen LogP contribution in [-0.4, -0.2) is 37.2 Å². The number of hydrazone groups is 1. The lowest BCUT2D eigenvalue weighted by Crippen LogP contribution is -2.40. The third kappa shape index (κ3) is 4.96. The zero-order valence-corrected chi connectivity index (χ0v) is 16.0. The monoisotopic (exact) mass is 410 g/mol. The van der Waals surface area contributed by atoms with Crippen molar-refractivity contribution < 1.29 is 18.3 Å². The van der Waals surface area contributed by atoms with Gasteiger partial charge in [-0.15, -0.1) is 0 Å². The van der Waals surface area contributed by atoms with Crippen molar-refractivity contribution in [3.63, 3.8) is 0 Å². The topological polar surface area (TPSA) is 112 Å². The molecule has 1 heterocycles. The van der Waals surface area contributed by atoms with Crippen molar-refractivity contribution in [2.75, 3.05) is 10.8 Å². The first kappa shape index (κ1) is 20.0. The fourth-order valence-electron chi connectivity index (χ4n) is 2.45. The molecule has 9 heteroatoms. The molecule has 0 fully saturated rings. The number of carbonyl (C=O) groups is 1. The third-order valence-electron chi connectivity index (χ3n) is 3.85. The Labute approximate surface area is 168 Å². The number of phenolic OH excluding ortho intramolecular Hbond substituents is 1. The zero-order valence-electron chi connectivity index (χ0n) is 15.2. The second-order valence-corrected chi connectivity index (χ2v) is 7.73. The maximum atomic E-state index is 13.0. The number of amides is 1. The molecule has 0 aliphatic rings. The number of aromatic nitrogens is 1. The van der Waals surface area contributed by atoms with Crippen LogP contribution in [0.15, 0.2) is 89.0 Å². The van der Waals surface area contributed by atoms with Gasteiger partial charge in [0.1, 0.15) is 18.1 Å². The lowest BCUT2D eigenvalue weighted by molar-refractivity contribution is -0.119. The minimum absolute atomic E-state index is 0.00673. The summed E-state index contributed by atoms with van der Waals surface area (Å²) < 4.78 is 27.0. The SMILES string of the molecule is O=C(CN(c1ccccn1)S(=O)(=O)c1ccccc1)N/N=C\c1ccccc1O. The first-order valence-corrected chi connectivity index (χ1v) is 10.0. The molecular formula is C20H18N4O4S. The predicted octanol–water partition coefficient (Wildman–Crippen LogP) is 2.13. The van der Waals surface area contributed by atoms with Crippen LogP contribution in [-0.2, 0) is 14.8 Å². The van der Waals surface area contributed by atoms with Gasteiger partial charge in [0.15, 0.2) is 0 Å². The number of aromatic hydroxyl groups is 1. The number of hydrogen-bond acceptors (Lipinski definition) is 6. The molecule has 0 atom stereocenters. The van der Waals surface area contributed by atoms with Crippen LogP contribution >= 0.6 is 0 Å². The van der Waals surface area contributed by atoms with E-state index in [0.717, 1.165) is 4.31 Å². The molecule has 0 saturated carbocycles. The minimum Gasteiger partial charge on any atom is -0.507 e. The van der Waals surface area contributed by atoms with Gasteiger partial charge in [-0.25, -0.2) is 23.1 Å². The van der Waals surface area contributed by atoms with Gasteiger partial charge in [0.05, 0.1) is 11.1 Å². The summed E-state index contributed by atoms with van der Waals surface area (Å²) in [5.41, 5.74) is 2.68. The van der Waals surface area contributed by atoms with Gasteiger partial charge >= 0.3 is 0 Å². The van der Waals surface area contributed by atoms with Crippen molar-refractivity contribution >= 4 is 28.0 Å². The summed E-state index contributed by atoms with van der Waals surface area (Å²) in [6, 6.07) is 19.0. The summed E-state index contributed by atoms with van der Waals surface area (Å²) in [7, 11) is -4.01. The number of hydrogen-bond donors (Lipinski definition) is 2. The van der Waals surface area contributed by atoms with E-state index in [9.17, 15) is 18.3 Å². The van der Waals surface area contributed by atoms with E-state index in [1.54, 1.807) is 48.5 Å². The smallest absolute Gasteiger partial charge is 0.265 e. The number of anilines is 1. The second kappa shape index (κ2) is 8.98. The van der Waals surface area contributed by atoms with E-state index >= 15 is 0 Å². The molecule has 0 aliphatic heterocycles. The number of rotatable bonds is 7. The Morgan fingerprint density at radius 2 is 1.72 bits per heavy atom. The molecule has 0 unspecified atom stereocenters. The number of nitrogens with one attached hydrogen (secondary N) is 1. The number of pyridine rings is 1. The quantitative estimate of drug-likeness (QED) is 0.458. The Morgan fingerprint density at radius 1 is 1.03 bits per heavy atom. The van der Waals surface area contributed by atoms with Crippen molar-refractivity contribution in [2.45, 2.75) is 4.90 Å². The standard InChI is InChI=1S/C20H18N4O4S/c25-18-11-5-4-8-16(18)14-22-23-20(26)15-24(19-12-6-7-13-21-19)29(27,28)17-9-2-1-3-10-17/h1-14,25H,15H2,(H,23,26)/b22-14-. The highest BCUT2D eigenvalue weighted by molar-refractivity contribution is 7.92. The van der Waals surface area contributed by atoms with Crippen LogP contribution in [0.4, 0.5) is 5.82 Å². The Kier molecular flexibility index (Phi) is 6.20. The number of sulfonamides is 1. The fourth-order valence-corrected chi connectivity index (χ4v) is 3.84. The van der Waals surface area contributed by atoms with Gasteiger partial charge in [-0.1, -0.05) is 36.4 Å². The van der Waals surface area contributed by atoms with Gasteiger partial charge in [-0.2, -0.15) is 5.10 Å². The molecule has 148 valence electrons. The zero-order chi connectivity index (χ0) is 20.7. The largest absolute Gasteiger partial charge is 0.507 e. The predicted molar refractivity (Wildman–Crippen MR) is 109 cm³/mol. The minimum atomic E-state index is -4.01. The van der Waals surface area contributed by atoms with E-state index in [1.165, 1.54) is 36.7 Å². The third-order valence-corrected chi connectivity index (χ3v) is 5.62. The van der Waals surface area contributed by atoms with Crippen molar-refractivity contribution in [1.29, 1.82) is 0 Å². The van der Waals surface area contributed by atoms with Crippen LogP contribution in [0.5, 0.6) is 5.75 Å². The Bertz CT molecular complexity index is 1100. The van der Waals surface area contributed by atoms with Gasteiger partial charge in [0.25, 0.3) is 15.9 Å². The highest BCUT2D eigenvalue weighted by Crippen LogP contribution is 2.21. The molecule has 0 radical (unpaired) electrons. The summed E-state index contributed by atoms with van der Waals surface area (Å²) in [4.78, 5) is 16.5. The van der Waals surface area contributed by atoms with Gasteiger partial charge in [0, 0.05) is 11.8 Å². The molecule has 1 amide bonds. The molecule has 0 spiro atoms. The fraction of sp³-hybridized carbons (Fsp3) is 0.0500. The van der Waals surface area contributed by atoms with E-state index < -0.39 is 22.5 Å². The van der Waals surface area contributed by atoms with Gasteiger partial charge in [-0.3, -0.25) is 4.79 Å². The van der Waals surface area contributed by atoms with E-state index in [1.807, 2.05) is 0 Å². The van der Waals surface area contributed by atoms with Crippen molar-refractivity contribution in [2.24, 2.45) is 5.10 Å². The van der Waals surface area contributed by atoms with E-state index in [4.69, 9.17) is 0 Å². The first-order valence-electron chi connectivity index (χ1n) is 8.57. The molecule has 8 nitrogen and oxygen atoms in total. The number of phenols is 1. The van der Waals surface area contributed by atoms with Crippen LogP contribution in [0.25, 0.3) is 0 Å². The average molecular weight is 410 g/mol. The molecule has 2 aromatic carbocycles. The van der Waals surface area contributed by atoms with Crippen LogP contribution in [0, 0.1) is 0 Å². The molecule has 0 aliphatic carbocycles. The molecule has 3 aromatic rings.